The van der Waals surface area contributed by atoms with E-state index in [0.29, 0.717) is 19.4 Å². The molecule has 2 heterocycles. The molecule has 3 rings (SSSR count). The summed E-state index contributed by atoms with van der Waals surface area (Å²) in [6.45, 7) is -0.431. The summed E-state index contributed by atoms with van der Waals surface area (Å²) in [5.41, 5.74) is 1.52. The summed E-state index contributed by atoms with van der Waals surface area (Å²) >= 11 is 1.51. The number of alkyl halides is 2. The maximum Gasteiger partial charge on any atom is 0.387 e. The molecule has 1 aliphatic rings. The number of aryl methyl sites for hydroxylation is 1. The molecule has 27 heavy (non-hydrogen) atoms. The summed E-state index contributed by atoms with van der Waals surface area (Å²) in [5, 5.41) is 5.64. The van der Waals surface area contributed by atoms with Crippen molar-refractivity contribution in [2.75, 3.05) is 0 Å². The van der Waals surface area contributed by atoms with Gasteiger partial charge in [0.1, 0.15) is 11.8 Å². The Labute approximate surface area is 159 Å². The van der Waals surface area contributed by atoms with Gasteiger partial charge < -0.3 is 15.0 Å². The monoisotopic (exact) mass is 395 g/mol. The van der Waals surface area contributed by atoms with Crippen LogP contribution in [0.15, 0.2) is 29.6 Å². The lowest BCUT2D eigenvalue weighted by Gasteiger charge is -2.24. The van der Waals surface area contributed by atoms with Crippen molar-refractivity contribution in [2.45, 2.75) is 45.5 Å². The highest BCUT2D eigenvalue weighted by molar-refractivity contribution is 7.09. The second kappa shape index (κ2) is 8.43. The molecular weight excluding hydrogens is 376 g/mol. The highest BCUT2D eigenvalue weighted by atomic mass is 32.1. The average molecular weight is 395 g/mol. The molecular formula is C18H19F2N3O3S. The third-order valence-electron chi connectivity index (χ3n) is 4.24. The van der Waals surface area contributed by atoms with Crippen LogP contribution in [-0.2, 0) is 22.7 Å². The first-order valence-electron chi connectivity index (χ1n) is 8.44. The third-order valence-corrected chi connectivity index (χ3v) is 5.06. The van der Waals surface area contributed by atoms with Crippen molar-refractivity contribution in [3.8, 4) is 5.75 Å². The van der Waals surface area contributed by atoms with Gasteiger partial charge in [-0.25, -0.2) is 4.98 Å². The highest BCUT2D eigenvalue weighted by Crippen LogP contribution is 2.23. The Morgan fingerprint density at radius 1 is 1.41 bits per heavy atom. The number of ether oxygens (including phenoxy) is 1. The van der Waals surface area contributed by atoms with Crippen molar-refractivity contribution >= 4 is 23.2 Å². The Morgan fingerprint density at radius 3 is 2.78 bits per heavy atom. The van der Waals surface area contributed by atoms with Gasteiger partial charge in [0.2, 0.25) is 11.8 Å². The van der Waals surface area contributed by atoms with Crippen molar-refractivity contribution < 1.29 is 23.1 Å². The second-order valence-corrected chi connectivity index (χ2v) is 7.24. The number of rotatable bonds is 7. The zero-order valence-electron chi connectivity index (χ0n) is 14.7. The average Bonchev–Trinajstić information content (AvgIpc) is 3.20. The number of nitrogens with one attached hydrogen (secondary N) is 1. The molecule has 1 N–H and O–H groups in total. The van der Waals surface area contributed by atoms with E-state index in [2.05, 4.69) is 15.0 Å². The number of nitrogens with zero attached hydrogens (tertiary/aromatic N) is 2. The van der Waals surface area contributed by atoms with Gasteiger partial charge in [-0.2, -0.15) is 8.78 Å². The van der Waals surface area contributed by atoms with Gasteiger partial charge in [-0.05, 0) is 31.0 Å². The fourth-order valence-corrected chi connectivity index (χ4v) is 3.57. The number of thiazole rings is 1. The number of hydrogen-bond acceptors (Lipinski definition) is 5. The molecule has 0 bridgehead atoms. The number of aromatic nitrogens is 1. The molecule has 1 saturated heterocycles. The standard InChI is InChI=1S/C18H19F2N3O3S/c1-11-22-13(10-27-11)8-21-17(25)15-6-7-16(24)23(15)9-12-2-4-14(5-3-12)26-18(19)20/h2-5,10,15,18H,6-9H2,1H3,(H,21,25)/t15-/m1/s1. The van der Waals surface area contributed by atoms with Crippen molar-refractivity contribution in [3.63, 3.8) is 0 Å². The van der Waals surface area contributed by atoms with Crippen molar-refractivity contribution in [3.05, 3.63) is 45.9 Å². The molecule has 0 saturated carbocycles. The lowest BCUT2D eigenvalue weighted by atomic mass is 10.1. The van der Waals surface area contributed by atoms with Gasteiger partial charge in [0.25, 0.3) is 0 Å². The van der Waals surface area contributed by atoms with E-state index < -0.39 is 12.7 Å². The van der Waals surface area contributed by atoms with Gasteiger partial charge in [0.15, 0.2) is 0 Å². The Balaban J connectivity index is 1.60. The van der Waals surface area contributed by atoms with Crippen LogP contribution in [0.1, 0.15) is 29.1 Å². The fraction of sp³-hybridized carbons (Fsp3) is 0.389. The van der Waals surface area contributed by atoms with Crippen LogP contribution in [0.5, 0.6) is 5.75 Å². The summed E-state index contributed by atoms with van der Waals surface area (Å²) in [6.07, 6.45) is 0.758. The van der Waals surface area contributed by atoms with Crippen LogP contribution in [-0.4, -0.2) is 34.4 Å². The smallest absolute Gasteiger partial charge is 0.387 e. The summed E-state index contributed by atoms with van der Waals surface area (Å²) < 4.78 is 28.7. The Morgan fingerprint density at radius 2 is 2.15 bits per heavy atom. The lowest BCUT2D eigenvalue weighted by Crippen LogP contribution is -2.44. The van der Waals surface area contributed by atoms with E-state index in [-0.39, 0.29) is 24.1 Å². The topological polar surface area (TPSA) is 71.5 Å². The normalized spacial score (nSPS) is 16.8. The third kappa shape index (κ3) is 5.00. The molecule has 1 atom stereocenters. The minimum absolute atomic E-state index is 0.0503. The van der Waals surface area contributed by atoms with Gasteiger partial charge in [-0.1, -0.05) is 12.1 Å². The lowest BCUT2D eigenvalue weighted by molar-refractivity contribution is -0.135. The number of likely N-dealkylation sites (tertiary alicyclic amines) is 1. The van der Waals surface area contributed by atoms with Crippen LogP contribution in [0, 0.1) is 6.92 Å². The number of halogens is 2. The largest absolute Gasteiger partial charge is 0.435 e. The minimum Gasteiger partial charge on any atom is -0.435 e. The second-order valence-electron chi connectivity index (χ2n) is 6.17. The number of carbonyl (C=O) groups is 2. The van der Waals surface area contributed by atoms with E-state index in [1.807, 2.05) is 12.3 Å². The van der Waals surface area contributed by atoms with Crippen LogP contribution in [0.2, 0.25) is 0 Å². The molecule has 0 radical (unpaired) electrons. The molecule has 0 unspecified atom stereocenters. The van der Waals surface area contributed by atoms with Crippen LogP contribution >= 0.6 is 11.3 Å². The molecule has 144 valence electrons. The van der Waals surface area contributed by atoms with Gasteiger partial charge in [-0.15, -0.1) is 11.3 Å². The van der Waals surface area contributed by atoms with E-state index in [9.17, 15) is 18.4 Å². The Hall–Kier alpha value is -2.55. The molecule has 6 nitrogen and oxygen atoms in total. The van der Waals surface area contributed by atoms with Crippen molar-refractivity contribution in [2.24, 2.45) is 0 Å². The molecule has 0 aliphatic carbocycles. The van der Waals surface area contributed by atoms with Gasteiger partial charge in [0, 0.05) is 18.3 Å². The number of benzene rings is 1. The summed E-state index contributed by atoms with van der Waals surface area (Å²) in [7, 11) is 0. The van der Waals surface area contributed by atoms with E-state index in [1.165, 1.54) is 28.4 Å². The van der Waals surface area contributed by atoms with Gasteiger partial charge in [-0.3, -0.25) is 9.59 Å². The zero-order valence-corrected chi connectivity index (χ0v) is 15.5. The molecule has 1 aromatic heterocycles. The van der Waals surface area contributed by atoms with Crippen LogP contribution in [0.4, 0.5) is 8.78 Å². The van der Waals surface area contributed by atoms with Crippen molar-refractivity contribution in [1.82, 2.24) is 15.2 Å². The maximum atomic E-state index is 12.5. The first-order chi connectivity index (χ1) is 12.9. The summed E-state index contributed by atoms with van der Waals surface area (Å²) in [4.78, 5) is 30.5. The predicted molar refractivity (Wildman–Crippen MR) is 95.3 cm³/mol. The Kier molecular flexibility index (Phi) is 6.00. The molecule has 1 aliphatic heterocycles. The predicted octanol–water partition coefficient (Wildman–Crippen LogP) is 2.86. The maximum absolute atomic E-state index is 12.5. The molecule has 9 heteroatoms. The van der Waals surface area contributed by atoms with Crippen LogP contribution in [0.3, 0.4) is 0 Å². The van der Waals surface area contributed by atoms with Gasteiger partial charge >= 0.3 is 6.61 Å². The molecule has 1 aromatic carbocycles. The van der Waals surface area contributed by atoms with E-state index in [1.54, 1.807) is 12.1 Å². The SMILES string of the molecule is Cc1nc(CNC(=O)[C@H]2CCC(=O)N2Cc2ccc(OC(F)F)cc2)cs1. The zero-order chi connectivity index (χ0) is 19.4. The van der Waals surface area contributed by atoms with Gasteiger partial charge in [0.05, 0.1) is 17.2 Å². The van der Waals surface area contributed by atoms with Crippen molar-refractivity contribution in [1.29, 1.82) is 0 Å². The number of amides is 2. The van der Waals surface area contributed by atoms with E-state index >= 15 is 0 Å². The first-order valence-corrected chi connectivity index (χ1v) is 9.32. The highest BCUT2D eigenvalue weighted by Gasteiger charge is 2.35. The number of hydrogen-bond donors (Lipinski definition) is 1. The minimum atomic E-state index is -2.88. The quantitative estimate of drug-likeness (QED) is 0.783. The Bertz CT molecular complexity index is 810. The molecule has 0 spiro atoms. The molecule has 1 fully saturated rings. The molecule has 2 amide bonds. The van der Waals surface area contributed by atoms with Crippen LogP contribution in [0.25, 0.3) is 0 Å². The summed E-state index contributed by atoms with van der Waals surface area (Å²) in [5.74, 6) is -0.272. The number of carbonyl (C=O) groups excluding carboxylic acids is 2. The molecule has 2 aromatic rings. The first kappa shape index (κ1) is 19.2. The van der Waals surface area contributed by atoms with Crippen LogP contribution < -0.4 is 10.1 Å². The summed E-state index contributed by atoms with van der Waals surface area (Å²) in [6, 6.07) is 5.50. The van der Waals surface area contributed by atoms with E-state index in [0.717, 1.165) is 16.3 Å². The fourth-order valence-electron chi connectivity index (χ4n) is 2.96. The van der Waals surface area contributed by atoms with E-state index in [4.69, 9.17) is 0 Å².